The normalized spacial score (nSPS) is 16.1. The van der Waals surface area contributed by atoms with Gasteiger partial charge in [-0.3, -0.25) is 0 Å². The highest BCUT2D eigenvalue weighted by Gasteiger charge is 2.20. The molecule has 1 aliphatic heterocycles. The Kier molecular flexibility index (Phi) is 4.76. The Morgan fingerprint density at radius 3 is 2.68 bits per heavy atom. The van der Waals surface area contributed by atoms with Gasteiger partial charge in [-0.1, -0.05) is 6.07 Å². The van der Waals surface area contributed by atoms with Crippen LogP contribution in [0.25, 0.3) is 0 Å². The molecule has 0 N–H and O–H groups in total. The predicted octanol–water partition coefficient (Wildman–Crippen LogP) is 1.79. The Morgan fingerprint density at radius 1 is 1.32 bits per heavy atom. The van der Waals surface area contributed by atoms with E-state index in [4.69, 9.17) is 18.9 Å². The molecule has 0 atom stereocenters. The first-order valence-electron chi connectivity index (χ1n) is 6.23. The molecule has 1 fully saturated rings. The quantitative estimate of drug-likeness (QED) is 0.778. The van der Waals surface area contributed by atoms with E-state index < -0.39 is 0 Å². The van der Waals surface area contributed by atoms with E-state index in [2.05, 4.69) is 0 Å². The second-order valence-corrected chi connectivity index (χ2v) is 4.24. The summed E-state index contributed by atoms with van der Waals surface area (Å²) in [6, 6.07) is 5.32. The molecule has 1 aliphatic rings. The second kappa shape index (κ2) is 6.54. The Hall–Kier alpha value is -1.59. The van der Waals surface area contributed by atoms with Crippen LogP contribution in [-0.2, 0) is 20.6 Å². The van der Waals surface area contributed by atoms with E-state index in [0.29, 0.717) is 30.9 Å². The smallest absolute Gasteiger partial charge is 0.338 e. The predicted molar refractivity (Wildman–Crippen MR) is 68.3 cm³/mol. The van der Waals surface area contributed by atoms with Gasteiger partial charge in [-0.25, -0.2) is 4.79 Å². The summed E-state index contributed by atoms with van der Waals surface area (Å²) in [7, 11) is 2.92. The molecule has 0 saturated carbocycles. The molecule has 0 spiro atoms. The van der Waals surface area contributed by atoms with Crippen LogP contribution in [0.2, 0.25) is 0 Å². The molecule has 1 heterocycles. The maximum Gasteiger partial charge on any atom is 0.338 e. The van der Waals surface area contributed by atoms with Gasteiger partial charge in [-0.15, -0.1) is 0 Å². The minimum atomic E-state index is -0.385. The second-order valence-electron chi connectivity index (χ2n) is 4.24. The number of rotatable bonds is 4. The summed E-state index contributed by atoms with van der Waals surface area (Å²) < 4.78 is 20.9. The molecule has 0 unspecified atom stereocenters. The van der Waals surface area contributed by atoms with Crippen molar-refractivity contribution < 1.29 is 23.7 Å². The minimum absolute atomic E-state index is 0.300. The lowest BCUT2D eigenvalue weighted by Gasteiger charge is -2.24. The van der Waals surface area contributed by atoms with Gasteiger partial charge < -0.3 is 18.9 Å². The minimum Gasteiger partial charge on any atom is -0.497 e. The summed E-state index contributed by atoms with van der Waals surface area (Å²) in [5.74, 6) is 0.236. The maximum atomic E-state index is 11.8. The van der Waals surface area contributed by atoms with Crippen LogP contribution in [0.4, 0.5) is 0 Å². The molecule has 1 aromatic rings. The molecule has 0 radical (unpaired) electrons. The summed E-state index contributed by atoms with van der Waals surface area (Å²) in [6.45, 7) is 1.38. The molecule has 104 valence electrons. The fourth-order valence-corrected chi connectivity index (χ4v) is 1.99. The SMILES string of the molecule is COC(=O)c1cc(OC)ccc1CC1OCCCO1. The van der Waals surface area contributed by atoms with Gasteiger partial charge in [0.1, 0.15) is 5.75 Å². The Labute approximate surface area is 112 Å². The Balaban J connectivity index is 2.19. The van der Waals surface area contributed by atoms with Crippen LogP contribution < -0.4 is 4.74 Å². The van der Waals surface area contributed by atoms with Crippen molar-refractivity contribution in [2.75, 3.05) is 27.4 Å². The topological polar surface area (TPSA) is 54.0 Å². The third-order valence-corrected chi connectivity index (χ3v) is 3.01. The highest BCUT2D eigenvalue weighted by Crippen LogP contribution is 2.21. The van der Waals surface area contributed by atoms with E-state index in [0.717, 1.165) is 12.0 Å². The van der Waals surface area contributed by atoms with E-state index in [9.17, 15) is 4.79 Å². The summed E-state index contributed by atoms with van der Waals surface area (Å²) >= 11 is 0. The van der Waals surface area contributed by atoms with Crippen molar-refractivity contribution >= 4 is 5.97 Å². The van der Waals surface area contributed by atoms with Crippen LogP contribution in [0.5, 0.6) is 5.75 Å². The first-order valence-corrected chi connectivity index (χ1v) is 6.23. The van der Waals surface area contributed by atoms with E-state index in [1.165, 1.54) is 7.11 Å². The fraction of sp³-hybridized carbons (Fsp3) is 0.500. The van der Waals surface area contributed by atoms with Crippen molar-refractivity contribution in [1.82, 2.24) is 0 Å². The van der Waals surface area contributed by atoms with E-state index in [-0.39, 0.29) is 12.3 Å². The number of esters is 1. The molecule has 2 rings (SSSR count). The first-order chi connectivity index (χ1) is 9.24. The van der Waals surface area contributed by atoms with Gasteiger partial charge in [-0.05, 0) is 24.1 Å². The standard InChI is InChI=1S/C14H18O5/c1-16-11-5-4-10(12(9-11)14(15)17-2)8-13-18-6-3-7-19-13/h4-5,9,13H,3,6-8H2,1-2H3. The molecule has 19 heavy (non-hydrogen) atoms. The average Bonchev–Trinajstić information content (AvgIpc) is 2.48. The lowest BCUT2D eigenvalue weighted by atomic mass is 10.0. The largest absolute Gasteiger partial charge is 0.497 e. The molecular weight excluding hydrogens is 248 g/mol. The Bertz CT molecular complexity index is 437. The maximum absolute atomic E-state index is 11.8. The van der Waals surface area contributed by atoms with Crippen LogP contribution in [0.15, 0.2) is 18.2 Å². The molecule has 1 saturated heterocycles. The van der Waals surface area contributed by atoms with E-state index >= 15 is 0 Å². The van der Waals surface area contributed by atoms with Gasteiger partial charge in [0.05, 0.1) is 33.0 Å². The van der Waals surface area contributed by atoms with Crippen LogP contribution in [0.1, 0.15) is 22.3 Å². The fourth-order valence-electron chi connectivity index (χ4n) is 1.99. The monoisotopic (exact) mass is 266 g/mol. The summed E-state index contributed by atoms with van der Waals surface area (Å²) in [6.07, 6.45) is 1.13. The molecule has 1 aromatic carbocycles. The number of ether oxygens (including phenoxy) is 4. The van der Waals surface area contributed by atoms with Crippen molar-refractivity contribution in [2.24, 2.45) is 0 Å². The molecule has 0 aliphatic carbocycles. The first kappa shape index (κ1) is 13.8. The molecular formula is C14H18O5. The van der Waals surface area contributed by atoms with Gasteiger partial charge in [0.2, 0.25) is 0 Å². The zero-order chi connectivity index (χ0) is 13.7. The molecule has 5 heteroatoms. The van der Waals surface area contributed by atoms with Gasteiger partial charge in [0, 0.05) is 6.42 Å². The molecule has 0 bridgehead atoms. The highest BCUT2D eigenvalue weighted by molar-refractivity contribution is 5.91. The zero-order valence-corrected chi connectivity index (χ0v) is 11.2. The number of benzene rings is 1. The number of carbonyl (C=O) groups is 1. The van der Waals surface area contributed by atoms with E-state index in [1.807, 2.05) is 12.1 Å². The lowest BCUT2D eigenvalue weighted by molar-refractivity contribution is -0.176. The van der Waals surface area contributed by atoms with Crippen molar-refractivity contribution in [3.8, 4) is 5.75 Å². The molecule has 0 aromatic heterocycles. The average molecular weight is 266 g/mol. The van der Waals surface area contributed by atoms with Crippen molar-refractivity contribution in [3.63, 3.8) is 0 Å². The zero-order valence-electron chi connectivity index (χ0n) is 11.2. The van der Waals surface area contributed by atoms with Crippen molar-refractivity contribution in [3.05, 3.63) is 29.3 Å². The van der Waals surface area contributed by atoms with Crippen LogP contribution >= 0.6 is 0 Å². The molecule has 5 nitrogen and oxygen atoms in total. The Morgan fingerprint density at radius 2 is 2.05 bits per heavy atom. The van der Waals surface area contributed by atoms with Gasteiger partial charge in [0.25, 0.3) is 0 Å². The van der Waals surface area contributed by atoms with Crippen LogP contribution in [0, 0.1) is 0 Å². The number of methoxy groups -OCH3 is 2. The lowest BCUT2D eigenvalue weighted by Crippen LogP contribution is -2.27. The van der Waals surface area contributed by atoms with Crippen LogP contribution in [0.3, 0.4) is 0 Å². The number of carbonyl (C=O) groups excluding carboxylic acids is 1. The van der Waals surface area contributed by atoms with Crippen molar-refractivity contribution in [2.45, 2.75) is 19.1 Å². The third-order valence-electron chi connectivity index (χ3n) is 3.01. The summed E-state index contributed by atoms with van der Waals surface area (Å²) in [5, 5.41) is 0. The van der Waals surface area contributed by atoms with Crippen LogP contribution in [-0.4, -0.2) is 39.7 Å². The van der Waals surface area contributed by atoms with E-state index in [1.54, 1.807) is 13.2 Å². The molecule has 0 amide bonds. The summed E-state index contributed by atoms with van der Waals surface area (Å²) in [5.41, 5.74) is 1.32. The third kappa shape index (κ3) is 3.45. The van der Waals surface area contributed by atoms with Gasteiger partial charge >= 0.3 is 5.97 Å². The number of hydrogen-bond donors (Lipinski definition) is 0. The number of hydrogen-bond acceptors (Lipinski definition) is 5. The highest BCUT2D eigenvalue weighted by atomic mass is 16.7. The summed E-state index contributed by atoms with van der Waals surface area (Å²) in [4.78, 5) is 11.8. The van der Waals surface area contributed by atoms with Crippen molar-refractivity contribution in [1.29, 1.82) is 0 Å². The van der Waals surface area contributed by atoms with Gasteiger partial charge in [0.15, 0.2) is 6.29 Å². The van der Waals surface area contributed by atoms with Gasteiger partial charge in [-0.2, -0.15) is 0 Å².